The third-order valence-corrected chi connectivity index (χ3v) is 4.14. The van der Waals surface area contributed by atoms with Crippen LogP contribution in [0, 0.1) is 5.41 Å². The largest absolute Gasteiger partial charge is 0.496 e. The zero-order valence-electron chi connectivity index (χ0n) is 14.5. The molecule has 0 bridgehead atoms. The van der Waals surface area contributed by atoms with E-state index in [2.05, 4.69) is 38.6 Å². The van der Waals surface area contributed by atoms with Crippen LogP contribution in [-0.4, -0.2) is 18.8 Å². The van der Waals surface area contributed by atoms with Crippen LogP contribution in [0.2, 0.25) is 0 Å². The van der Waals surface area contributed by atoms with E-state index in [0.29, 0.717) is 0 Å². The van der Waals surface area contributed by atoms with E-state index in [1.807, 2.05) is 19.1 Å². The molecule has 2 heteroatoms. The predicted molar refractivity (Wildman–Crippen MR) is 96.2 cm³/mol. The maximum Gasteiger partial charge on any atom is 0.122 e. The molecule has 0 aliphatic carbocycles. The second-order valence-corrected chi connectivity index (χ2v) is 6.49. The Labute approximate surface area is 135 Å². The fourth-order valence-corrected chi connectivity index (χ4v) is 2.73. The van der Waals surface area contributed by atoms with Crippen molar-refractivity contribution in [2.24, 2.45) is 5.41 Å². The molecule has 0 aromatic heterocycles. The number of aliphatic hydroxyl groups is 1. The number of hydrogen-bond acceptors (Lipinski definition) is 2. The molecule has 22 heavy (non-hydrogen) atoms. The molecule has 0 aliphatic heterocycles. The van der Waals surface area contributed by atoms with E-state index < -0.39 is 0 Å². The maximum absolute atomic E-state index is 9.11. The number of aliphatic hydroxyl groups excluding tert-OH is 1. The SMILES string of the molecule is C=Cc1cc(CCCC(C)(C)CCO)c(OC)cc1/C=C\C. The average molecular weight is 302 g/mol. The lowest BCUT2D eigenvalue weighted by atomic mass is 9.83. The zero-order chi connectivity index (χ0) is 16.6. The van der Waals surface area contributed by atoms with Gasteiger partial charge in [-0.15, -0.1) is 0 Å². The second kappa shape index (κ2) is 8.79. The summed E-state index contributed by atoms with van der Waals surface area (Å²) in [5.41, 5.74) is 3.70. The standard InChI is InChI=1S/C20H30O2/c1-6-9-17-15-19(22-5)18(14-16(17)7-2)10-8-11-20(3,4)12-13-21/h6-7,9,14-15,21H,2,8,10-13H2,1,3-5H3/b9-6-. The molecule has 1 rings (SSSR count). The van der Waals surface area contributed by atoms with Crippen molar-refractivity contribution in [2.75, 3.05) is 13.7 Å². The third-order valence-electron chi connectivity index (χ3n) is 4.14. The summed E-state index contributed by atoms with van der Waals surface area (Å²) in [6.07, 6.45) is 10.0. The van der Waals surface area contributed by atoms with Crippen molar-refractivity contribution in [3.63, 3.8) is 0 Å². The third kappa shape index (κ3) is 5.34. The van der Waals surface area contributed by atoms with Gasteiger partial charge in [-0.2, -0.15) is 0 Å². The molecular weight excluding hydrogens is 272 g/mol. The van der Waals surface area contributed by atoms with E-state index in [1.165, 1.54) is 5.56 Å². The molecule has 2 nitrogen and oxygen atoms in total. The molecule has 0 fully saturated rings. The van der Waals surface area contributed by atoms with E-state index >= 15 is 0 Å². The Balaban J connectivity index is 2.88. The van der Waals surface area contributed by atoms with Gasteiger partial charge >= 0.3 is 0 Å². The van der Waals surface area contributed by atoms with Gasteiger partial charge in [0.1, 0.15) is 5.75 Å². The molecule has 0 amide bonds. The first-order valence-electron chi connectivity index (χ1n) is 8.04. The van der Waals surface area contributed by atoms with Gasteiger partial charge in [0.15, 0.2) is 0 Å². The molecule has 0 spiro atoms. The van der Waals surface area contributed by atoms with Crippen LogP contribution in [0.3, 0.4) is 0 Å². The lowest BCUT2D eigenvalue weighted by molar-refractivity contribution is 0.199. The van der Waals surface area contributed by atoms with E-state index in [-0.39, 0.29) is 12.0 Å². The highest BCUT2D eigenvalue weighted by Crippen LogP contribution is 2.30. The van der Waals surface area contributed by atoms with Gasteiger partial charge in [0.2, 0.25) is 0 Å². The van der Waals surface area contributed by atoms with Crippen molar-refractivity contribution >= 4 is 12.2 Å². The van der Waals surface area contributed by atoms with Gasteiger partial charge in [0, 0.05) is 6.61 Å². The van der Waals surface area contributed by atoms with Gasteiger partial charge in [-0.1, -0.05) is 38.7 Å². The summed E-state index contributed by atoms with van der Waals surface area (Å²) in [6, 6.07) is 4.27. The van der Waals surface area contributed by atoms with Crippen LogP contribution in [0.5, 0.6) is 5.75 Å². The van der Waals surface area contributed by atoms with Crippen molar-refractivity contribution in [2.45, 2.75) is 46.5 Å². The molecule has 0 unspecified atom stereocenters. The zero-order valence-corrected chi connectivity index (χ0v) is 14.5. The fourth-order valence-electron chi connectivity index (χ4n) is 2.73. The highest BCUT2D eigenvalue weighted by atomic mass is 16.5. The molecule has 1 aromatic carbocycles. The Bertz CT molecular complexity index is 513. The topological polar surface area (TPSA) is 29.5 Å². The normalized spacial score (nSPS) is 11.9. The summed E-state index contributed by atoms with van der Waals surface area (Å²) in [6.45, 7) is 10.6. The Morgan fingerprint density at radius 1 is 1.23 bits per heavy atom. The minimum Gasteiger partial charge on any atom is -0.496 e. The molecule has 1 aromatic rings. The first-order valence-corrected chi connectivity index (χ1v) is 8.04. The molecule has 0 heterocycles. The summed E-state index contributed by atoms with van der Waals surface area (Å²) in [7, 11) is 1.72. The van der Waals surface area contributed by atoms with E-state index in [0.717, 1.165) is 42.6 Å². The molecule has 1 N–H and O–H groups in total. The highest BCUT2D eigenvalue weighted by Gasteiger charge is 2.17. The van der Waals surface area contributed by atoms with Gasteiger partial charge in [-0.3, -0.25) is 0 Å². The number of aryl methyl sites for hydroxylation is 1. The molecule has 0 atom stereocenters. The van der Waals surface area contributed by atoms with E-state index in [4.69, 9.17) is 9.84 Å². The van der Waals surface area contributed by atoms with Crippen LogP contribution in [0.4, 0.5) is 0 Å². The quantitative estimate of drug-likeness (QED) is 0.687. The van der Waals surface area contributed by atoms with Gasteiger partial charge in [-0.25, -0.2) is 0 Å². The van der Waals surface area contributed by atoms with Gasteiger partial charge < -0.3 is 9.84 Å². The first kappa shape index (κ1) is 18.5. The summed E-state index contributed by atoms with van der Waals surface area (Å²) in [5, 5.41) is 9.11. The van der Waals surface area contributed by atoms with Gasteiger partial charge in [0.05, 0.1) is 7.11 Å². The molecule has 0 saturated heterocycles. The number of hydrogen-bond donors (Lipinski definition) is 1. The van der Waals surface area contributed by atoms with Crippen LogP contribution >= 0.6 is 0 Å². The number of benzene rings is 1. The van der Waals surface area contributed by atoms with Gasteiger partial charge in [0.25, 0.3) is 0 Å². The van der Waals surface area contributed by atoms with Crippen LogP contribution in [-0.2, 0) is 6.42 Å². The van der Waals surface area contributed by atoms with Crippen LogP contribution < -0.4 is 4.74 Å². The lowest BCUT2D eigenvalue weighted by Gasteiger charge is -2.23. The summed E-state index contributed by atoms with van der Waals surface area (Å²) in [4.78, 5) is 0. The second-order valence-electron chi connectivity index (χ2n) is 6.49. The highest BCUT2D eigenvalue weighted by molar-refractivity contribution is 5.67. The number of rotatable bonds is 9. The van der Waals surface area contributed by atoms with Crippen molar-refractivity contribution in [3.05, 3.63) is 41.5 Å². The Morgan fingerprint density at radius 2 is 1.95 bits per heavy atom. The molecular formula is C20H30O2. The molecule has 0 saturated carbocycles. The monoisotopic (exact) mass is 302 g/mol. The number of methoxy groups -OCH3 is 1. The van der Waals surface area contributed by atoms with Crippen LogP contribution in [0.15, 0.2) is 24.8 Å². The number of allylic oxidation sites excluding steroid dienone is 1. The van der Waals surface area contributed by atoms with Crippen LogP contribution in [0.1, 0.15) is 56.7 Å². The summed E-state index contributed by atoms with van der Waals surface area (Å²) >= 11 is 0. The maximum atomic E-state index is 9.11. The molecule has 0 radical (unpaired) electrons. The van der Waals surface area contributed by atoms with E-state index in [1.54, 1.807) is 7.11 Å². The van der Waals surface area contributed by atoms with Crippen molar-refractivity contribution in [1.82, 2.24) is 0 Å². The minimum atomic E-state index is 0.189. The average Bonchev–Trinajstić information content (AvgIpc) is 2.48. The smallest absolute Gasteiger partial charge is 0.122 e. The van der Waals surface area contributed by atoms with Crippen molar-refractivity contribution in [1.29, 1.82) is 0 Å². The Hall–Kier alpha value is -1.54. The lowest BCUT2D eigenvalue weighted by Crippen LogP contribution is -2.13. The minimum absolute atomic E-state index is 0.189. The predicted octanol–water partition coefficient (Wildman–Crippen LogP) is 5.10. The molecule has 0 aliphatic rings. The Morgan fingerprint density at radius 3 is 2.50 bits per heavy atom. The fraction of sp³-hybridized carbons (Fsp3) is 0.500. The summed E-state index contributed by atoms with van der Waals surface area (Å²) < 4.78 is 5.55. The van der Waals surface area contributed by atoms with Crippen molar-refractivity contribution in [3.8, 4) is 5.75 Å². The van der Waals surface area contributed by atoms with Gasteiger partial charge in [-0.05, 0) is 66.8 Å². The summed E-state index contributed by atoms with van der Waals surface area (Å²) in [5.74, 6) is 0.943. The van der Waals surface area contributed by atoms with E-state index in [9.17, 15) is 0 Å². The van der Waals surface area contributed by atoms with Crippen LogP contribution in [0.25, 0.3) is 12.2 Å². The number of ether oxygens (including phenoxy) is 1. The van der Waals surface area contributed by atoms with Crippen molar-refractivity contribution < 1.29 is 9.84 Å². The Kier molecular flexibility index (Phi) is 7.40. The molecule has 122 valence electrons. The first-order chi connectivity index (χ1) is 10.5.